The number of benzene rings is 2. The van der Waals surface area contributed by atoms with Crippen LogP contribution in [-0.2, 0) is 6.42 Å². The first-order chi connectivity index (χ1) is 13.2. The van der Waals surface area contributed by atoms with Crippen LogP contribution in [-0.4, -0.2) is 36.1 Å². The van der Waals surface area contributed by atoms with Gasteiger partial charge >= 0.3 is 6.03 Å². The van der Waals surface area contributed by atoms with Gasteiger partial charge in [-0.15, -0.1) is 0 Å². The fraction of sp³-hybridized carbons (Fsp3) is 0.409. The smallest absolute Gasteiger partial charge is 0.318 e. The van der Waals surface area contributed by atoms with E-state index in [1.807, 2.05) is 17.0 Å². The average molecular weight is 367 g/mol. The molecule has 1 saturated carbocycles. The molecule has 2 aromatic carbocycles. The lowest BCUT2D eigenvalue weighted by Gasteiger charge is -2.41. The van der Waals surface area contributed by atoms with Crippen molar-refractivity contribution in [3.63, 3.8) is 0 Å². The Morgan fingerprint density at radius 1 is 1.11 bits per heavy atom. The fourth-order valence-electron chi connectivity index (χ4n) is 4.24. The first-order valence-corrected chi connectivity index (χ1v) is 9.79. The predicted octanol–water partition coefficient (Wildman–Crippen LogP) is 3.62. The van der Waals surface area contributed by atoms with Gasteiger partial charge in [0.25, 0.3) is 0 Å². The lowest BCUT2D eigenvalue weighted by molar-refractivity contribution is 0.163. The number of carbonyl (C=O) groups excluding carboxylic acids is 1. The highest BCUT2D eigenvalue weighted by atomic mass is 19.1. The van der Waals surface area contributed by atoms with Gasteiger partial charge < -0.3 is 15.5 Å². The molecule has 0 saturated heterocycles. The van der Waals surface area contributed by atoms with Crippen molar-refractivity contribution < 1.29 is 9.18 Å². The molecule has 5 heteroatoms. The summed E-state index contributed by atoms with van der Waals surface area (Å²) in [6.07, 6.45) is 2.79. The van der Waals surface area contributed by atoms with Crippen LogP contribution in [0, 0.1) is 5.82 Å². The van der Waals surface area contributed by atoms with Crippen molar-refractivity contribution in [1.82, 2.24) is 15.5 Å². The molecule has 0 spiro atoms. The number of carbonyl (C=O) groups is 1. The molecule has 1 atom stereocenters. The highest BCUT2D eigenvalue weighted by molar-refractivity contribution is 5.76. The van der Waals surface area contributed by atoms with Crippen LogP contribution in [0.4, 0.5) is 9.18 Å². The zero-order valence-electron chi connectivity index (χ0n) is 15.6. The van der Waals surface area contributed by atoms with E-state index in [4.69, 9.17) is 0 Å². The van der Waals surface area contributed by atoms with E-state index in [2.05, 4.69) is 29.7 Å². The third-order valence-corrected chi connectivity index (χ3v) is 5.69. The van der Waals surface area contributed by atoms with Gasteiger partial charge in [0.15, 0.2) is 0 Å². The van der Waals surface area contributed by atoms with Crippen molar-refractivity contribution >= 4 is 6.03 Å². The van der Waals surface area contributed by atoms with Crippen LogP contribution < -0.4 is 10.6 Å². The Morgan fingerprint density at radius 3 is 2.59 bits per heavy atom. The van der Waals surface area contributed by atoms with Gasteiger partial charge in [0.05, 0.1) is 6.04 Å². The third-order valence-electron chi connectivity index (χ3n) is 5.69. The maximum absolute atomic E-state index is 13.4. The van der Waals surface area contributed by atoms with E-state index in [1.54, 1.807) is 12.1 Å². The second-order valence-electron chi connectivity index (χ2n) is 7.47. The van der Waals surface area contributed by atoms with Crippen molar-refractivity contribution in [3.8, 4) is 0 Å². The van der Waals surface area contributed by atoms with E-state index in [9.17, 15) is 9.18 Å². The topological polar surface area (TPSA) is 44.4 Å². The molecular formula is C22H26FN3O. The molecule has 2 N–H and O–H groups in total. The molecule has 0 aromatic heterocycles. The van der Waals surface area contributed by atoms with Crippen LogP contribution in [0.25, 0.3) is 0 Å². The first-order valence-electron chi connectivity index (χ1n) is 9.79. The number of hydrogen-bond acceptors (Lipinski definition) is 2. The van der Waals surface area contributed by atoms with E-state index in [-0.39, 0.29) is 23.9 Å². The lowest BCUT2D eigenvalue weighted by Crippen LogP contribution is -2.56. The average Bonchev–Trinajstić information content (AvgIpc) is 2.66. The molecule has 4 rings (SSSR count). The minimum atomic E-state index is -0.261. The monoisotopic (exact) mass is 367 g/mol. The predicted molar refractivity (Wildman–Crippen MR) is 104 cm³/mol. The van der Waals surface area contributed by atoms with Crippen LogP contribution in [0.15, 0.2) is 48.5 Å². The quantitative estimate of drug-likeness (QED) is 0.867. The van der Waals surface area contributed by atoms with Crippen LogP contribution in [0.1, 0.15) is 42.5 Å². The number of nitrogens with one attached hydrogen (secondary N) is 2. The summed E-state index contributed by atoms with van der Waals surface area (Å²) in [4.78, 5) is 14.9. The summed E-state index contributed by atoms with van der Waals surface area (Å²) in [7, 11) is 0. The minimum absolute atomic E-state index is 0.0289. The lowest BCUT2D eigenvalue weighted by atomic mass is 9.86. The molecule has 2 aromatic rings. The minimum Gasteiger partial charge on any atom is -0.335 e. The normalized spacial score (nSPS) is 24.1. The van der Waals surface area contributed by atoms with Crippen molar-refractivity contribution in [2.24, 2.45) is 0 Å². The van der Waals surface area contributed by atoms with Crippen molar-refractivity contribution in [2.75, 3.05) is 13.1 Å². The standard InChI is InChI=1S/C22H26FN3O/c1-2-24-18-13-19(14-18)25-22(27)26-12-11-15-5-3-4-6-20(15)21(26)16-7-9-17(23)10-8-16/h3-10,18-19,21,24H,2,11-14H2,1H3,(H,25,27)/t18?,19?,21-/m0/s1. The SMILES string of the molecule is CCNC1CC(NC(=O)N2CCc3ccccc3[C@@H]2c2ccc(F)cc2)C1. The third kappa shape index (κ3) is 3.69. The molecule has 142 valence electrons. The highest BCUT2D eigenvalue weighted by Crippen LogP contribution is 2.35. The fourth-order valence-corrected chi connectivity index (χ4v) is 4.24. The Hall–Kier alpha value is -2.40. The van der Waals surface area contributed by atoms with Gasteiger partial charge in [-0.1, -0.05) is 43.3 Å². The number of hydrogen-bond donors (Lipinski definition) is 2. The second-order valence-corrected chi connectivity index (χ2v) is 7.47. The van der Waals surface area contributed by atoms with E-state index in [1.165, 1.54) is 17.7 Å². The van der Waals surface area contributed by atoms with E-state index in [0.29, 0.717) is 12.6 Å². The summed E-state index contributed by atoms with van der Waals surface area (Å²) in [5, 5.41) is 6.61. The molecule has 4 nitrogen and oxygen atoms in total. The van der Waals surface area contributed by atoms with Gasteiger partial charge in [-0.2, -0.15) is 0 Å². The van der Waals surface area contributed by atoms with E-state index >= 15 is 0 Å². The van der Waals surface area contributed by atoms with Gasteiger partial charge in [0.2, 0.25) is 0 Å². The highest BCUT2D eigenvalue weighted by Gasteiger charge is 2.35. The molecule has 2 aliphatic rings. The molecule has 0 bridgehead atoms. The Bertz CT molecular complexity index is 801. The van der Waals surface area contributed by atoms with Crippen molar-refractivity contribution in [3.05, 3.63) is 71.0 Å². The summed E-state index contributed by atoms with van der Waals surface area (Å²) in [5.74, 6) is -0.261. The summed E-state index contributed by atoms with van der Waals surface area (Å²) >= 11 is 0. The van der Waals surface area contributed by atoms with Gasteiger partial charge in [0, 0.05) is 18.6 Å². The zero-order valence-corrected chi connectivity index (χ0v) is 15.6. The van der Waals surface area contributed by atoms with Gasteiger partial charge in [-0.3, -0.25) is 0 Å². The number of fused-ring (bicyclic) bond motifs is 1. The largest absolute Gasteiger partial charge is 0.335 e. The van der Waals surface area contributed by atoms with Crippen molar-refractivity contribution in [2.45, 2.75) is 44.3 Å². The molecule has 1 aliphatic carbocycles. The summed E-state index contributed by atoms with van der Waals surface area (Å²) < 4.78 is 13.4. The Kier molecular flexibility index (Phi) is 5.12. The van der Waals surface area contributed by atoms with Crippen LogP contribution >= 0.6 is 0 Å². The van der Waals surface area contributed by atoms with Crippen LogP contribution in [0.2, 0.25) is 0 Å². The summed E-state index contributed by atoms with van der Waals surface area (Å²) in [6, 6.07) is 15.3. The van der Waals surface area contributed by atoms with E-state index in [0.717, 1.165) is 36.9 Å². The first kappa shape index (κ1) is 18.0. The zero-order chi connectivity index (χ0) is 18.8. The second kappa shape index (κ2) is 7.69. The van der Waals surface area contributed by atoms with Gasteiger partial charge in [0.1, 0.15) is 5.82 Å². The maximum atomic E-state index is 13.4. The number of urea groups is 1. The maximum Gasteiger partial charge on any atom is 0.318 e. The molecule has 1 aliphatic heterocycles. The molecule has 27 heavy (non-hydrogen) atoms. The van der Waals surface area contributed by atoms with Gasteiger partial charge in [-0.05, 0) is 54.6 Å². The Labute approximate surface area is 159 Å². The number of rotatable bonds is 4. The number of nitrogens with zero attached hydrogens (tertiary/aromatic N) is 1. The Balaban J connectivity index is 1.55. The van der Waals surface area contributed by atoms with Crippen molar-refractivity contribution in [1.29, 1.82) is 0 Å². The Morgan fingerprint density at radius 2 is 1.85 bits per heavy atom. The molecule has 1 fully saturated rings. The van der Waals surface area contributed by atoms with Crippen LogP contribution in [0.3, 0.4) is 0 Å². The van der Waals surface area contributed by atoms with Crippen LogP contribution in [0.5, 0.6) is 0 Å². The van der Waals surface area contributed by atoms with E-state index < -0.39 is 0 Å². The number of halogens is 1. The molecular weight excluding hydrogens is 341 g/mol. The number of amides is 2. The molecule has 2 amide bonds. The molecule has 0 unspecified atom stereocenters. The molecule has 1 heterocycles. The molecule has 0 radical (unpaired) electrons. The van der Waals surface area contributed by atoms with Gasteiger partial charge in [-0.25, -0.2) is 9.18 Å². The summed E-state index contributed by atoms with van der Waals surface area (Å²) in [5.41, 5.74) is 3.33. The summed E-state index contributed by atoms with van der Waals surface area (Å²) in [6.45, 7) is 3.72.